The molecular weight excluding hydrogens is 144 g/mol. The quantitative estimate of drug-likeness (QED) is 0.472. The monoisotopic (exact) mass is 162 g/mol. The molecule has 0 heterocycles. The Morgan fingerprint density at radius 2 is 0.917 bits per heavy atom. The predicted molar refractivity (Wildman–Crippen MR) is 55.1 cm³/mol. The van der Waals surface area contributed by atoms with Crippen LogP contribution in [0.4, 0.5) is 0 Å². The zero-order valence-electron chi connectivity index (χ0n) is 7.71. The molecule has 66 valence electrons. The Balaban J connectivity index is 2.30. The van der Waals surface area contributed by atoms with Crippen LogP contribution in [-0.4, -0.2) is 0 Å². The molecule has 0 heteroatoms. The lowest BCUT2D eigenvalue weighted by molar-refractivity contribution is 0.838. The molecule has 12 heavy (non-hydrogen) atoms. The molecule has 0 fully saturated rings. The van der Waals surface area contributed by atoms with E-state index in [1.54, 1.807) is 0 Å². The van der Waals surface area contributed by atoms with Crippen LogP contribution in [0.5, 0.6) is 0 Å². The first kappa shape index (κ1) is 9.31. The van der Waals surface area contributed by atoms with Gasteiger partial charge < -0.3 is 0 Å². The van der Waals surface area contributed by atoms with Gasteiger partial charge in [-0.05, 0) is 38.5 Å². The van der Waals surface area contributed by atoms with Gasteiger partial charge in [-0.1, -0.05) is 36.5 Å². The fourth-order valence-corrected chi connectivity index (χ4v) is 1.29. The molecule has 0 saturated heterocycles. The molecule has 1 aliphatic carbocycles. The van der Waals surface area contributed by atoms with Crippen LogP contribution < -0.4 is 0 Å². The van der Waals surface area contributed by atoms with Crippen molar-refractivity contribution in [1.29, 1.82) is 0 Å². The lowest BCUT2D eigenvalue weighted by atomic mass is 10.1. The third-order valence-electron chi connectivity index (χ3n) is 2.03. The molecule has 0 aliphatic heterocycles. The van der Waals surface area contributed by atoms with Crippen molar-refractivity contribution in [1.82, 2.24) is 0 Å². The minimum Gasteiger partial charge on any atom is -0.0885 e. The minimum absolute atomic E-state index is 1.22. The Morgan fingerprint density at radius 3 is 1.42 bits per heavy atom. The summed E-state index contributed by atoms with van der Waals surface area (Å²) >= 11 is 0. The molecule has 0 nitrogen and oxygen atoms in total. The van der Waals surface area contributed by atoms with E-state index in [1.807, 2.05) is 0 Å². The summed E-state index contributed by atoms with van der Waals surface area (Å²) in [6.45, 7) is 0. The van der Waals surface area contributed by atoms with E-state index in [0.717, 1.165) is 0 Å². The van der Waals surface area contributed by atoms with Crippen LogP contribution in [0.25, 0.3) is 0 Å². The van der Waals surface area contributed by atoms with Crippen molar-refractivity contribution in [3.63, 3.8) is 0 Å². The zero-order chi connectivity index (χ0) is 8.49. The molecule has 0 spiro atoms. The van der Waals surface area contributed by atoms with E-state index >= 15 is 0 Å². The highest BCUT2D eigenvalue weighted by atomic mass is 13.9. The van der Waals surface area contributed by atoms with E-state index in [1.165, 1.54) is 38.5 Å². The van der Waals surface area contributed by atoms with E-state index in [-0.39, 0.29) is 0 Å². The number of rotatable bonds is 0. The highest BCUT2D eigenvalue weighted by Crippen LogP contribution is 2.03. The van der Waals surface area contributed by atoms with Crippen LogP contribution in [-0.2, 0) is 0 Å². The second kappa shape index (κ2) is 6.90. The number of hydrogen-bond acceptors (Lipinski definition) is 0. The standard InChI is InChI=1S/C12H18/c1-2-4-6-8-10-12-11-9-7-5-3-1/h1-4,11-12H,5-10H2/b3-1-,4-2+,12-11?. The third-order valence-corrected chi connectivity index (χ3v) is 2.03. The Kier molecular flexibility index (Phi) is 5.35. The van der Waals surface area contributed by atoms with Crippen molar-refractivity contribution in [3.05, 3.63) is 36.5 Å². The molecule has 0 aromatic rings. The first-order valence-electron chi connectivity index (χ1n) is 4.97. The van der Waals surface area contributed by atoms with Crippen LogP contribution in [0.15, 0.2) is 36.5 Å². The van der Waals surface area contributed by atoms with Crippen LogP contribution >= 0.6 is 0 Å². The van der Waals surface area contributed by atoms with Gasteiger partial charge in [0.25, 0.3) is 0 Å². The van der Waals surface area contributed by atoms with Crippen LogP contribution in [0.3, 0.4) is 0 Å². The van der Waals surface area contributed by atoms with Crippen LogP contribution in [0, 0.1) is 0 Å². The molecule has 1 rings (SSSR count). The Morgan fingerprint density at radius 1 is 0.500 bits per heavy atom. The van der Waals surface area contributed by atoms with E-state index in [2.05, 4.69) is 36.5 Å². The van der Waals surface area contributed by atoms with Gasteiger partial charge in [0.05, 0.1) is 0 Å². The van der Waals surface area contributed by atoms with Crippen molar-refractivity contribution in [2.75, 3.05) is 0 Å². The molecule has 0 aromatic carbocycles. The second-order valence-electron chi connectivity index (χ2n) is 3.19. The summed E-state index contributed by atoms with van der Waals surface area (Å²) in [5.41, 5.74) is 0. The molecule has 0 aromatic heterocycles. The molecule has 0 saturated carbocycles. The normalized spacial score (nSPS) is 25.3. The molecule has 0 radical (unpaired) electrons. The van der Waals surface area contributed by atoms with Crippen molar-refractivity contribution in [2.45, 2.75) is 38.5 Å². The van der Waals surface area contributed by atoms with Crippen LogP contribution in [0.2, 0.25) is 0 Å². The summed E-state index contributed by atoms with van der Waals surface area (Å²) in [6, 6.07) is 0. The van der Waals surface area contributed by atoms with E-state index in [4.69, 9.17) is 0 Å². The molecule has 0 bridgehead atoms. The lowest BCUT2D eigenvalue weighted by Gasteiger charge is -1.93. The first-order valence-corrected chi connectivity index (χ1v) is 4.97. The maximum absolute atomic E-state index is 2.32. The topological polar surface area (TPSA) is 0 Å². The summed E-state index contributed by atoms with van der Waals surface area (Å²) < 4.78 is 0. The summed E-state index contributed by atoms with van der Waals surface area (Å²) in [5.74, 6) is 0. The summed E-state index contributed by atoms with van der Waals surface area (Å²) in [7, 11) is 0. The summed E-state index contributed by atoms with van der Waals surface area (Å²) in [5, 5.41) is 0. The van der Waals surface area contributed by atoms with Gasteiger partial charge in [-0.25, -0.2) is 0 Å². The Hall–Kier alpha value is -0.780. The fourth-order valence-electron chi connectivity index (χ4n) is 1.29. The van der Waals surface area contributed by atoms with E-state index in [9.17, 15) is 0 Å². The maximum atomic E-state index is 2.32. The molecule has 1 aliphatic rings. The highest BCUT2D eigenvalue weighted by Gasteiger charge is 1.83. The summed E-state index contributed by atoms with van der Waals surface area (Å²) in [6.07, 6.45) is 21.0. The predicted octanol–water partition coefficient (Wildman–Crippen LogP) is 4.01. The van der Waals surface area contributed by atoms with E-state index in [0.29, 0.717) is 0 Å². The van der Waals surface area contributed by atoms with Gasteiger partial charge in [-0.15, -0.1) is 0 Å². The zero-order valence-corrected chi connectivity index (χ0v) is 7.71. The average Bonchev–Trinajstić information content (AvgIpc) is 2.05. The van der Waals surface area contributed by atoms with Crippen molar-refractivity contribution in [2.24, 2.45) is 0 Å². The molecule has 0 unspecified atom stereocenters. The van der Waals surface area contributed by atoms with Crippen molar-refractivity contribution in [3.8, 4) is 0 Å². The SMILES string of the molecule is C1=CCCC/C=C/C=C\CCC1. The molecule has 0 N–H and O–H groups in total. The minimum atomic E-state index is 1.22. The summed E-state index contributed by atoms with van der Waals surface area (Å²) in [4.78, 5) is 0. The number of hydrogen-bond donors (Lipinski definition) is 0. The third kappa shape index (κ3) is 4.95. The fraction of sp³-hybridized carbons (Fsp3) is 0.500. The lowest BCUT2D eigenvalue weighted by Crippen LogP contribution is -1.73. The van der Waals surface area contributed by atoms with Crippen molar-refractivity contribution >= 4 is 0 Å². The van der Waals surface area contributed by atoms with Gasteiger partial charge in [-0.3, -0.25) is 0 Å². The van der Waals surface area contributed by atoms with Gasteiger partial charge >= 0.3 is 0 Å². The van der Waals surface area contributed by atoms with E-state index < -0.39 is 0 Å². The highest BCUT2D eigenvalue weighted by molar-refractivity contribution is 5.02. The molecule has 0 amide bonds. The molecule has 0 atom stereocenters. The smallest absolute Gasteiger partial charge is 0.0345 e. The van der Waals surface area contributed by atoms with Gasteiger partial charge in [0.2, 0.25) is 0 Å². The maximum Gasteiger partial charge on any atom is -0.0345 e. The first-order chi connectivity index (χ1) is 6.00. The van der Waals surface area contributed by atoms with Gasteiger partial charge in [0.15, 0.2) is 0 Å². The Labute approximate surface area is 75.7 Å². The van der Waals surface area contributed by atoms with Gasteiger partial charge in [0.1, 0.15) is 0 Å². The van der Waals surface area contributed by atoms with Crippen molar-refractivity contribution < 1.29 is 0 Å². The van der Waals surface area contributed by atoms with Gasteiger partial charge in [-0.2, -0.15) is 0 Å². The largest absolute Gasteiger partial charge is 0.0885 e. The van der Waals surface area contributed by atoms with Gasteiger partial charge in [0, 0.05) is 0 Å². The molecular formula is C12H18. The number of allylic oxidation sites excluding steroid dienone is 6. The van der Waals surface area contributed by atoms with Crippen LogP contribution in [0.1, 0.15) is 38.5 Å². The Bertz CT molecular complexity index is 152. The average molecular weight is 162 g/mol. The second-order valence-corrected chi connectivity index (χ2v) is 3.19.